The number of benzene rings is 3. The average molecular weight is 654 g/mol. The van der Waals surface area contributed by atoms with E-state index in [9.17, 15) is 80.8 Å². The van der Waals surface area contributed by atoms with Crippen molar-refractivity contribution in [3.05, 3.63) is 91.9 Å². The Hall–Kier alpha value is -5.14. The molecule has 3 aromatic carbocycles. The van der Waals surface area contributed by atoms with Gasteiger partial charge in [-0.05, 0) is 12.1 Å². The first kappa shape index (κ1) is 33.4. The smallest absolute Gasteiger partial charge is 0.405 e. The first-order valence-electron chi connectivity index (χ1n) is 10.4. The lowest BCUT2D eigenvalue weighted by Gasteiger charge is -2.16. The minimum absolute atomic E-state index is 0.482. The lowest BCUT2D eigenvalue weighted by molar-refractivity contribution is -0.277. The maximum Gasteiger partial charge on any atom is 0.573 e. The van der Waals surface area contributed by atoms with Crippen LogP contribution in [0.15, 0.2) is 12.1 Å². The van der Waals surface area contributed by atoms with Crippen LogP contribution in [0.5, 0.6) is 11.5 Å². The highest BCUT2D eigenvalue weighted by Gasteiger charge is 2.37. The summed E-state index contributed by atoms with van der Waals surface area (Å²) in [5, 5.41) is 15.0. The van der Waals surface area contributed by atoms with Crippen LogP contribution in [-0.4, -0.2) is 12.7 Å². The van der Waals surface area contributed by atoms with E-state index in [0.717, 1.165) is 0 Å². The Kier molecular flexibility index (Phi) is 8.73. The van der Waals surface area contributed by atoms with E-state index in [1.165, 1.54) is 0 Å². The van der Waals surface area contributed by atoms with Gasteiger partial charge >= 0.3 is 12.7 Å². The molecule has 0 atom stereocenters. The topological polar surface area (TPSA) is 66.0 Å². The maximum absolute atomic E-state index is 14.4. The van der Waals surface area contributed by atoms with Crippen molar-refractivity contribution < 1.29 is 79.7 Å². The van der Waals surface area contributed by atoms with Crippen LogP contribution in [0, 0.1) is 80.8 Å². The van der Waals surface area contributed by atoms with Gasteiger partial charge in [0.15, 0.2) is 46.5 Å². The van der Waals surface area contributed by atoms with Crippen LogP contribution in [-0.2, 0) is 0 Å². The molecule has 0 aliphatic carbocycles. The number of alkyl halides is 6. The maximum atomic E-state index is 14.4. The average Bonchev–Trinajstić information content (AvgIpc) is 2.92. The van der Waals surface area contributed by atoms with Crippen LogP contribution in [0.1, 0.15) is 11.1 Å². The molecule has 3 rings (SSSR count). The first-order chi connectivity index (χ1) is 20.2. The lowest BCUT2D eigenvalue weighted by atomic mass is 9.98. The van der Waals surface area contributed by atoms with Crippen LogP contribution in [0.3, 0.4) is 0 Å². The van der Waals surface area contributed by atoms with Gasteiger partial charge in [-0.15, -0.1) is 26.3 Å². The Labute approximate surface area is 230 Å². The molecule has 232 valence electrons. The Bertz CT molecular complexity index is 1720. The van der Waals surface area contributed by atoms with Crippen LogP contribution in [0.25, 0.3) is 11.1 Å². The third-order valence-electron chi connectivity index (χ3n) is 5.22. The quantitative estimate of drug-likeness (QED) is 0.188. The summed E-state index contributed by atoms with van der Waals surface area (Å²) in [5.74, 6) is -32.6. The molecule has 0 radical (unpaired) electrons. The Balaban J connectivity index is 2.78. The van der Waals surface area contributed by atoms with E-state index in [4.69, 9.17) is 0 Å². The normalized spacial score (nSPS) is 13.2. The van der Waals surface area contributed by atoms with Gasteiger partial charge in [-0.2, -0.15) is 10.5 Å². The highest BCUT2D eigenvalue weighted by atomic mass is 19.4. The molecule has 0 fully saturated rings. The molecule has 44 heavy (non-hydrogen) atoms. The minimum Gasteiger partial charge on any atom is -0.405 e. The highest BCUT2D eigenvalue weighted by Crippen LogP contribution is 2.32. The molecule has 0 saturated heterocycles. The first-order valence-corrected chi connectivity index (χ1v) is 10.4. The number of halogens is 16. The number of nitrogens with zero attached hydrogens (tertiary/aromatic N) is 2. The number of hydrogen-bond donors (Lipinski definition) is 0. The summed E-state index contributed by atoms with van der Waals surface area (Å²) in [4.78, 5) is 0. The van der Waals surface area contributed by atoms with Gasteiger partial charge in [-0.3, -0.25) is 0 Å². The van der Waals surface area contributed by atoms with E-state index in [-0.39, 0.29) is 0 Å². The molecule has 0 unspecified atom stereocenters. The molecule has 3 aromatic rings. The van der Waals surface area contributed by atoms with Gasteiger partial charge in [-0.25, -0.2) is 43.9 Å². The molecule has 0 aromatic heterocycles. The van der Waals surface area contributed by atoms with Crippen molar-refractivity contribution in [1.29, 1.82) is 10.5 Å². The van der Waals surface area contributed by atoms with Gasteiger partial charge < -0.3 is 9.47 Å². The predicted molar refractivity (Wildman–Crippen MR) is 108 cm³/mol. The molecular weight excluding hydrogens is 652 g/mol. The third kappa shape index (κ3) is 6.00. The Morgan fingerprint density at radius 3 is 0.886 bits per heavy atom. The summed E-state index contributed by atoms with van der Waals surface area (Å²) in [6.07, 6.45) is -12.0. The van der Waals surface area contributed by atoms with Crippen LogP contribution < -0.4 is 19.9 Å². The monoisotopic (exact) mass is 654 g/mol. The summed E-state index contributed by atoms with van der Waals surface area (Å²) < 4.78 is 226. The molecule has 20 heteroatoms. The zero-order valence-corrected chi connectivity index (χ0v) is 19.9. The largest absolute Gasteiger partial charge is 0.573 e. The lowest BCUT2D eigenvalue weighted by Crippen LogP contribution is -2.29. The van der Waals surface area contributed by atoms with E-state index in [0.29, 0.717) is 12.1 Å². The standard InChI is InChI=1S/C24H2F16N2O2/c25-13-11(14(26)18(30)21(33)17(13)29)7(3-41)5-1-9(43-23(35,36)37)6(2-10(5)44-24(38,39)40)8(4-42)12-15(27)19(31)22(34)20(32)16(12)28/h1-2H/b7-5+,8-6+. The number of hydrogen-bond acceptors (Lipinski definition) is 4. The molecule has 0 aliphatic heterocycles. The van der Waals surface area contributed by atoms with Gasteiger partial charge in [0.25, 0.3) is 0 Å². The Morgan fingerprint density at radius 1 is 0.455 bits per heavy atom. The Morgan fingerprint density at radius 2 is 0.682 bits per heavy atom. The van der Waals surface area contributed by atoms with Crippen LogP contribution in [0.4, 0.5) is 70.2 Å². The van der Waals surface area contributed by atoms with Gasteiger partial charge in [0.1, 0.15) is 23.6 Å². The second-order valence-electron chi connectivity index (χ2n) is 7.80. The van der Waals surface area contributed by atoms with E-state index in [1.54, 1.807) is 0 Å². The third-order valence-corrected chi connectivity index (χ3v) is 5.22. The summed E-state index contributed by atoms with van der Waals surface area (Å²) in [5.41, 5.74) is -8.73. The molecule has 0 saturated carbocycles. The van der Waals surface area contributed by atoms with Gasteiger partial charge in [0, 0.05) is 10.4 Å². The summed E-state index contributed by atoms with van der Waals surface area (Å²) >= 11 is 0. The molecule has 0 bridgehead atoms. The van der Waals surface area contributed by atoms with Gasteiger partial charge in [0.05, 0.1) is 22.3 Å². The molecule has 4 nitrogen and oxygen atoms in total. The van der Waals surface area contributed by atoms with Crippen molar-refractivity contribution in [1.82, 2.24) is 0 Å². The minimum atomic E-state index is -5.99. The number of rotatable bonds is 4. The summed E-state index contributed by atoms with van der Waals surface area (Å²) in [7, 11) is 0. The molecular formula is C24H2F16N2O2. The number of nitriles is 2. The number of ether oxygens (including phenoxy) is 2. The van der Waals surface area contributed by atoms with Gasteiger partial charge in [-0.1, -0.05) is 0 Å². The van der Waals surface area contributed by atoms with Gasteiger partial charge in [0.2, 0.25) is 11.6 Å². The molecule has 0 heterocycles. The van der Waals surface area contributed by atoms with E-state index >= 15 is 0 Å². The van der Waals surface area contributed by atoms with E-state index < -0.39 is 127 Å². The molecule has 0 N–H and O–H groups in total. The fourth-order valence-corrected chi connectivity index (χ4v) is 3.52. The predicted octanol–water partition coefficient (Wildman–Crippen LogP) is 6.32. The van der Waals surface area contributed by atoms with Crippen molar-refractivity contribution in [3.63, 3.8) is 0 Å². The van der Waals surface area contributed by atoms with E-state index in [2.05, 4.69) is 9.47 Å². The fraction of sp³-hybridized carbons (Fsp3) is 0.0833. The molecule has 0 aliphatic rings. The zero-order valence-electron chi connectivity index (χ0n) is 19.9. The highest BCUT2D eigenvalue weighted by molar-refractivity contribution is 5.81. The second-order valence-corrected chi connectivity index (χ2v) is 7.80. The van der Waals surface area contributed by atoms with Crippen molar-refractivity contribution in [2.75, 3.05) is 0 Å². The SMILES string of the molecule is N#C/C(c1c(F)c(F)c(F)c(F)c1F)=c1/cc(OC(F)(F)F)/c(=C(\C#N)c2c(F)c(F)c(F)c(F)c2F)cc1OC(F)(F)F. The van der Waals surface area contributed by atoms with Crippen molar-refractivity contribution in [2.45, 2.75) is 12.7 Å². The second kappa shape index (κ2) is 11.5. The zero-order chi connectivity index (χ0) is 33.6. The van der Waals surface area contributed by atoms with Crippen molar-refractivity contribution in [3.8, 4) is 23.6 Å². The van der Waals surface area contributed by atoms with Crippen molar-refractivity contribution in [2.24, 2.45) is 0 Å². The van der Waals surface area contributed by atoms with E-state index in [1.807, 2.05) is 0 Å². The summed E-state index contributed by atoms with van der Waals surface area (Å²) in [6, 6.07) is 0.444. The molecule has 0 amide bonds. The summed E-state index contributed by atoms with van der Waals surface area (Å²) in [6.45, 7) is 0. The van der Waals surface area contributed by atoms with Crippen LogP contribution >= 0.6 is 0 Å². The molecule has 0 spiro atoms. The van der Waals surface area contributed by atoms with Crippen molar-refractivity contribution >= 4 is 11.1 Å². The fourth-order valence-electron chi connectivity index (χ4n) is 3.52. The van der Waals surface area contributed by atoms with Crippen LogP contribution in [0.2, 0.25) is 0 Å².